The third-order valence-electron chi connectivity index (χ3n) is 3.46. The minimum absolute atomic E-state index is 0.0488. The van der Waals surface area contributed by atoms with Gasteiger partial charge in [-0.3, -0.25) is 4.79 Å². The maximum Gasteiger partial charge on any atom is 0.230 e. The maximum atomic E-state index is 12.2. The van der Waals surface area contributed by atoms with Crippen LogP contribution in [0.15, 0.2) is 47.4 Å². The first-order chi connectivity index (χ1) is 11.5. The van der Waals surface area contributed by atoms with Gasteiger partial charge in [0.05, 0.1) is 26.0 Å². The molecule has 0 aromatic heterocycles. The van der Waals surface area contributed by atoms with Crippen molar-refractivity contribution >= 4 is 29.3 Å². The highest BCUT2D eigenvalue weighted by Crippen LogP contribution is 2.29. The molecule has 0 radical (unpaired) electrons. The largest absolute Gasteiger partial charge is 0.497 e. The Labute approximate surface area is 151 Å². The van der Waals surface area contributed by atoms with Crippen molar-refractivity contribution in [3.8, 4) is 11.5 Å². The minimum Gasteiger partial charge on any atom is -0.497 e. The molecule has 4 nitrogen and oxygen atoms in total. The van der Waals surface area contributed by atoms with Crippen molar-refractivity contribution in [2.45, 2.75) is 17.9 Å². The second kappa shape index (κ2) is 8.85. The number of halogens is 1. The van der Waals surface area contributed by atoms with Crippen LogP contribution in [-0.4, -0.2) is 25.9 Å². The highest BCUT2D eigenvalue weighted by Gasteiger charge is 2.15. The van der Waals surface area contributed by atoms with E-state index in [2.05, 4.69) is 5.32 Å². The molecule has 24 heavy (non-hydrogen) atoms. The molecule has 1 amide bonds. The fourth-order valence-electron chi connectivity index (χ4n) is 2.22. The minimum atomic E-state index is -0.187. The molecule has 2 aromatic carbocycles. The Morgan fingerprint density at radius 3 is 2.50 bits per heavy atom. The van der Waals surface area contributed by atoms with Crippen LogP contribution in [0, 0.1) is 0 Å². The first-order valence-corrected chi connectivity index (χ1v) is 8.79. The van der Waals surface area contributed by atoms with Crippen molar-refractivity contribution in [3.63, 3.8) is 0 Å². The van der Waals surface area contributed by atoms with Gasteiger partial charge in [0.1, 0.15) is 11.5 Å². The molecule has 6 heteroatoms. The van der Waals surface area contributed by atoms with Crippen LogP contribution in [0.25, 0.3) is 0 Å². The Kier molecular flexibility index (Phi) is 6.82. The summed E-state index contributed by atoms with van der Waals surface area (Å²) < 4.78 is 10.6. The van der Waals surface area contributed by atoms with Crippen molar-refractivity contribution in [2.24, 2.45) is 0 Å². The lowest BCUT2D eigenvalue weighted by Crippen LogP contribution is -2.28. The fraction of sp³-hybridized carbons (Fsp3) is 0.278. The van der Waals surface area contributed by atoms with Crippen molar-refractivity contribution in [2.75, 3.05) is 20.0 Å². The van der Waals surface area contributed by atoms with Gasteiger partial charge in [0.25, 0.3) is 0 Å². The van der Waals surface area contributed by atoms with E-state index in [1.807, 2.05) is 49.4 Å². The molecule has 128 valence electrons. The smallest absolute Gasteiger partial charge is 0.230 e. The van der Waals surface area contributed by atoms with E-state index >= 15 is 0 Å². The average molecular weight is 366 g/mol. The molecular formula is C18H20ClNO3S. The third kappa shape index (κ3) is 5.08. The van der Waals surface area contributed by atoms with Gasteiger partial charge in [0.15, 0.2) is 0 Å². The van der Waals surface area contributed by atoms with E-state index in [-0.39, 0.29) is 11.9 Å². The number of carbonyl (C=O) groups is 1. The highest BCUT2D eigenvalue weighted by atomic mass is 35.5. The Morgan fingerprint density at radius 2 is 1.88 bits per heavy atom. The van der Waals surface area contributed by atoms with E-state index in [0.717, 1.165) is 16.2 Å². The van der Waals surface area contributed by atoms with Crippen LogP contribution in [0.2, 0.25) is 5.02 Å². The van der Waals surface area contributed by atoms with Crippen LogP contribution in [0.4, 0.5) is 0 Å². The molecule has 1 N–H and O–H groups in total. The van der Waals surface area contributed by atoms with E-state index in [0.29, 0.717) is 16.5 Å². The predicted octanol–water partition coefficient (Wildman–Crippen LogP) is 4.33. The summed E-state index contributed by atoms with van der Waals surface area (Å²) in [6.07, 6.45) is 0. The molecule has 0 aliphatic rings. The zero-order chi connectivity index (χ0) is 17.5. The van der Waals surface area contributed by atoms with E-state index in [1.54, 1.807) is 14.2 Å². The number of nitrogens with one attached hydrogen (secondary N) is 1. The summed E-state index contributed by atoms with van der Waals surface area (Å²) in [4.78, 5) is 13.2. The normalized spacial score (nSPS) is 11.7. The fourth-order valence-corrected chi connectivity index (χ4v) is 3.05. The highest BCUT2D eigenvalue weighted by molar-refractivity contribution is 8.00. The number of hydrogen-bond acceptors (Lipinski definition) is 4. The summed E-state index contributed by atoms with van der Waals surface area (Å²) in [6, 6.07) is 12.8. The first kappa shape index (κ1) is 18.5. The van der Waals surface area contributed by atoms with Crippen LogP contribution < -0.4 is 14.8 Å². The second-order valence-electron chi connectivity index (χ2n) is 5.14. The predicted molar refractivity (Wildman–Crippen MR) is 98.3 cm³/mol. The molecule has 0 fully saturated rings. The van der Waals surface area contributed by atoms with Crippen LogP contribution in [0.3, 0.4) is 0 Å². The monoisotopic (exact) mass is 365 g/mol. The molecule has 0 saturated carbocycles. The topological polar surface area (TPSA) is 47.6 Å². The molecule has 0 spiro atoms. The number of thioether (sulfide) groups is 1. The average Bonchev–Trinajstić information content (AvgIpc) is 2.60. The maximum absolute atomic E-state index is 12.2. The molecule has 2 aromatic rings. The Balaban J connectivity index is 1.97. The molecule has 0 unspecified atom stereocenters. The molecule has 0 saturated heterocycles. The number of hydrogen-bond donors (Lipinski definition) is 1. The number of rotatable bonds is 7. The van der Waals surface area contributed by atoms with Gasteiger partial charge in [-0.2, -0.15) is 0 Å². The van der Waals surface area contributed by atoms with Gasteiger partial charge in [0.2, 0.25) is 5.91 Å². The van der Waals surface area contributed by atoms with Gasteiger partial charge < -0.3 is 14.8 Å². The van der Waals surface area contributed by atoms with Crippen molar-refractivity contribution in [1.29, 1.82) is 0 Å². The number of ether oxygens (including phenoxy) is 2. The third-order valence-corrected chi connectivity index (χ3v) is 4.73. The zero-order valence-electron chi connectivity index (χ0n) is 13.8. The van der Waals surface area contributed by atoms with Gasteiger partial charge in [-0.1, -0.05) is 11.6 Å². The van der Waals surface area contributed by atoms with Crippen LogP contribution in [0.5, 0.6) is 11.5 Å². The number of methoxy groups -OCH3 is 2. The van der Waals surface area contributed by atoms with Crippen molar-refractivity contribution in [1.82, 2.24) is 5.32 Å². The van der Waals surface area contributed by atoms with Crippen molar-refractivity contribution in [3.05, 3.63) is 53.1 Å². The standard InChI is InChI=1S/C18H20ClNO3S/c1-12(16-10-14(22-2)6-9-17(16)23-3)20-18(21)11-24-15-7-4-13(19)5-8-15/h4-10,12H,11H2,1-3H3,(H,20,21)/t12-/m1/s1. The summed E-state index contributed by atoms with van der Waals surface area (Å²) >= 11 is 7.32. The summed E-state index contributed by atoms with van der Waals surface area (Å²) in [5.74, 6) is 1.72. The van der Waals surface area contributed by atoms with Crippen molar-refractivity contribution < 1.29 is 14.3 Å². The summed E-state index contributed by atoms with van der Waals surface area (Å²) in [7, 11) is 3.22. The molecular weight excluding hydrogens is 346 g/mol. The van der Waals surface area contributed by atoms with E-state index in [9.17, 15) is 4.79 Å². The van der Waals surface area contributed by atoms with Gasteiger partial charge in [0, 0.05) is 15.5 Å². The lowest BCUT2D eigenvalue weighted by molar-refractivity contribution is -0.119. The Morgan fingerprint density at radius 1 is 1.17 bits per heavy atom. The summed E-state index contributed by atoms with van der Waals surface area (Å²) in [6.45, 7) is 1.92. The Hall–Kier alpha value is -1.85. The number of carbonyl (C=O) groups excluding carboxylic acids is 1. The summed E-state index contributed by atoms with van der Waals surface area (Å²) in [5, 5.41) is 3.67. The molecule has 0 heterocycles. The first-order valence-electron chi connectivity index (χ1n) is 7.43. The van der Waals surface area contributed by atoms with Crippen LogP contribution in [0.1, 0.15) is 18.5 Å². The Bertz CT molecular complexity index is 691. The lowest BCUT2D eigenvalue weighted by atomic mass is 10.1. The quantitative estimate of drug-likeness (QED) is 0.742. The van der Waals surface area contributed by atoms with Crippen LogP contribution in [-0.2, 0) is 4.79 Å². The van der Waals surface area contributed by atoms with Gasteiger partial charge in [-0.15, -0.1) is 11.8 Å². The molecule has 2 rings (SSSR count). The number of benzene rings is 2. The zero-order valence-corrected chi connectivity index (χ0v) is 15.4. The van der Waals surface area contributed by atoms with E-state index in [1.165, 1.54) is 11.8 Å². The van der Waals surface area contributed by atoms with Crippen LogP contribution >= 0.6 is 23.4 Å². The second-order valence-corrected chi connectivity index (χ2v) is 6.62. The SMILES string of the molecule is COc1ccc(OC)c([C@@H](C)NC(=O)CSc2ccc(Cl)cc2)c1. The molecule has 0 bridgehead atoms. The van der Waals surface area contributed by atoms with E-state index in [4.69, 9.17) is 21.1 Å². The van der Waals surface area contributed by atoms with Gasteiger partial charge in [-0.25, -0.2) is 0 Å². The number of amides is 1. The summed E-state index contributed by atoms with van der Waals surface area (Å²) in [5.41, 5.74) is 0.877. The molecule has 0 aliphatic heterocycles. The van der Waals surface area contributed by atoms with E-state index < -0.39 is 0 Å². The van der Waals surface area contributed by atoms with Gasteiger partial charge in [-0.05, 0) is 49.4 Å². The molecule has 1 atom stereocenters. The molecule has 0 aliphatic carbocycles. The van der Waals surface area contributed by atoms with Gasteiger partial charge >= 0.3 is 0 Å². The lowest BCUT2D eigenvalue weighted by Gasteiger charge is -2.18.